The fraction of sp³-hybridized carbons (Fsp3) is 0.600. The van der Waals surface area contributed by atoms with Gasteiger partial charge >= 0.3 is 6.01 Å². The van der Waals surface area contributed by atoms with Gasteiger partial charge in [0, 0.05) is 23.6 Å². The number of hydrogen-bond acceptors (Lipinski definition) is 6. The number of aliphatic hydroxyl groups is 1. The lowest BCUT2D eigenvalue weighted by Gasteiger charge is -2.28. The quantitative estimate of drug-likeness (QED) is 0.456. The third-order valence-corrected chi connectivity index (χ3v) is 3.36. The van der Waals surface area contributed by atoms with Crippen LogP contribution >= 0.6 is 0 Å². The lowest BCUT2D eigenvalue weighted by molar-refractivity contribution is -0.101. The smallest absolute Gasteiger partial charge is 0.301 e. The number of rotatable bonds is 2. The van der Waals surface area contributed by atoms with Gasteiger partial charge in [0.2, 0.25) is 0 Å². The third kappa shape index (κ3) is 1.84. The second-order valence-electron chi connectivity index (χ2n) is 4.52. The number of hydrogen-bond donors (Lipinski definition) is 1. The summed E-state index contributed by atoms with van der Waals surface area (Å²) in [6, 6.07) is 1.44. The average molecular weight is 265 g/mol. The molecule has 0 saturated carbocycles. The summed E-state index contributed by atoms with van der Waals surface area (Å²) in [7, 11) is 0. The molecule has 9 nitrogen and oxygen atoms in total. The number of ether oxygens (including phenoxy) is 2. The molecule has 0 aliphatic carbocycles. The van der Waals surface area contributed by atoms with Gasteiger partial charge in [-0.05, 0) is 5.53 Å². The van der Waals surface area contributed by atoms with Crippen LogP contribution in [0.15, 0.2) is 22.2 Å². The first-order chi connectivity index (χ1) is 9.14. The maximum absolute atomic E-state index is 11.2. The minimum absolute atomic E-state index is 0.0276. The van der Waals surface area contributed by atoms with Crippen LogP contribution in [-0.2, 0) is 4.74 Å². The van der Waals surface area contributed by atoms with Gasteiger partial charge in [0.05, 0.1) is 12.6 Å². The van der Waals surface area contributed by atoms with Crippen molar-refractivity contribution >= 4 is 0 Å². The zero-order valence-electron chi connectivity index (χ0n) is 9.84. The van der Waals surface area contributed by atoms with E-state index < -0.39 is 23.5 Å². The molecule has 100 valence electrons. The molecule has 2 aliphatic heterocycles. The Balaban J connectivity index is 2.00. The maximum atomic E-state index is 11.2. The van der Waals surface area contributed by atoms with E-state index in [1.807, 2.05) is 0 Å². The Morgan fingerprint density at radius 1 is 1.74 bits per heavy atom. The fourth-order valence-electron chi connectivity index (χ4n) is 2.35. The Morgan fingerprint density at radius 2 is 2.58 bits per heavy atom. The van der Waals surface area contributed by atoms with Gasteiger partial charge in [-0.15, -0.1) is 0 Å². The molecule has 19 heavy (non-hydrogen) atoms. The lowest BCUT2D eigenvalue weighted by atomic mass is 9.97. The molecule has 0 aromatic carbocycles. The summed E-state index contributed by atoms with van der Waals surface area (Å²) in [6.07, 6.45) is 0.531. The van der Waals surface area contributed by atoms with Gasteiger partial charge in [-0.2, -0.15) is 4.98 Å². The van der Waals surface area contributed by atoms with E-state index in [0.29, 0.717) is 6.42 Å². The molecule has 2 aliphatic rings. The zero-order chi connectivity index (χ0) is 13.5. The second kappa shape index (κ2) is 4.23. The first kappa shape index (κ1) is 12.0. The van der Waals surface area contributed by atoms with Gasteiger partial charge in [0.25, 0.3) is 5.56 Å². The summed E-state index contributed by atoms with van der Waals surface area (Å²) in [6.45, 7) is -0.0694. The van der Waals surface area contributed by atoms with E-state index in [-0.39, 0.29) is 19.2 Å². The zero-order valence-corrected chi connectivity index (χ0v) is 9.84. The molecular formula is C10H11N5O4. The van der Waals surface area contributed by atoms with Crippen molar-refractivity contribution in [1.29, 1.82) is 0 Å². The van der Waals surface area contributed by atoms with E-state index in [9.17, 15) is 9.90 Å². The van der Waals surface area contributed by atoms with Crippen molar-refractivity contribution < 1.29 is 14.6 Å². The number of aliphatic hydroxyl groups excluding tert-OH is 1. The summed E-state index contributed by atoms with van der Waals surface area (Å²) < 4.78 is 12.7. The Bertz CT molecular complexity index is 610. The monoisotopic (exact) mass is 265 g/mol. The molecule has 0 spiro atoms. The number of fused-ring (bicyclic) bond motifs is 4. The molecule has 3 heterocycles. The SMILES string of the molecule is [N-]=[N+]=NC[C@@]12COc3nc(=O)ccn3[C@@H](C[C@@H]1O)O2. The Labute approximate surface area is 107 Å². The highest BCUT2D eigenvalue weighted by Gasteiger charge is 2.51. The van der Waals surface area contributed by atoms with Crippen LogP contribution in [0.2, 0.25) is 0 Å². The Kier molecular flexibility index (Phi) is 2.67. The van der Waals surface area contributed by atoms with Crippen LogP contribution in [0.25, 0.3) is 10.4 Å². The summed E-state index contributed by atoms with van der Waals surface area (Å²) in [5.74, 6) is 0. The van der Waals surface area contributed by atoms with Crippen LogP contribution in [0.3, 0.4) is 0 Å². The minimum Gasteiger partial charge on any atom is -0.461 e. The molecule has 1 saturated heterocycles. The molecule has 0 unspecified atom stereocenters. The lowest BCUT2D eigenvalue weighted by Crippen LogP contribution is -2.47. The van der Waals surface area contributed by atoms with Crippen molar-refractivity contribution in [2.24, 2.45) is 5.11 Å². The minimum atomic E-state index is -1.09. The Morgan fingerprint density at radius 3 is 3.37 bits per heavy atom. The first-order valence-electron chi connectivity index (χ1n) is 5.73. The van der Waals surface area contributed by atoms with E-state index in [4.69, 9.17) is 15.0 Å². The number of aromatic nitrogens is 2. The largest absolute Gasteiger partial charge is 0.461 e. The topological polar surface area (TPSA) is 122 Å². The molecule has 0 amide bonds. The van der Waals surface area contributed by atoms with Crippen molar-refractivity contribution in [1.82, 2.24) is 9.55 Å². The van der Waals surface area contributed by atoms with Gasteiger partial charge < -0.3 is 14.6 Å². The molecule has 1 N–H and O–H groups in total. The summed E-state index contributed by atoms with van der Waals surface area (Å²) in [5, 5.41) is 13.6. The molecule has 0 radical (unpaired) electrons. The van der Waals surface area contributed by atoms with Crippen LogP contribution in [0.4, 0.5) is 0 Å². The molecule has 1 fully saturated rings. The van der Waals surface area contributed by atoms with E-state index in [2.05, 4.69) is 15.0 Å². The normalized spacial score (nSPS) is 31.8. The molecule has 3 atom stereocenters. The van der Waals surface area contributed by atoms with Gasteiger partial charge in [0.1, 0.15) is 18.4 Å². The van der Waals surface area contributed by atoms with Crippen LogP contribution in [-0.4, -0.2) is 39.5 Å². The van der Waals surface area contributed by atoms with Crippen molar-refractivity contribution in [3.8, 4) is 6.01 Å². The van der Waals surface area contributed by atoms with E-state index >= 15 is 0 Å². The first-order valence-corrected chi connectivity index (χ1v) is 5.73. The average Bonchev–Trinajstić information content (AvgIpc) is 2.62. The molecule has 1 aromatic rings. The Hall–Kier alpha value is -2.09. The van der Waals surface area contributed by atoms with Crippen LogP contribution in [0.5, 0.6) is 6.01 Å². The fourth-order valence-corrected chi connectivity index (χ4v) is 2.35. The van der Waals surface area contributed by atoms with Crippen molar-refractivity contribution in [2.45, 2.75) is 24.4 Å². The third-order valence-electron chi connectivity index (χ3n) is 3.36. The van der Waals surface area contributed by atoms with Crippen molar-refractivity contribution in [3.63, 3.8) is 0 Å². The van der Waals surface area contributed by atoms with Gasteiger partial charge in [-0.1, -0.05) is 5.11 Å². The van der Waals surface area contributed by atoms with E-state index in [1.54, 1.807) is 4.57 Å². The summed E-state index contributed by atoms with van der Waals surface area (Å²) in [4.78, 5) is 17.6. The maximum Gasteiger partial charge on any atom is 0.301 e. The van der Waals surface area contributed by atoms with Crippen molar-refractivity contribution in [2.75, 3.05) is 13.2 Å². The molecular weight excluding hydrogens is 254 g/mol. The van der Waals surface area contributed by atoms with Crippen LogP contribution in [0.1, 0.15) is 12.6 Å². The highest BCUT2D eigenvalue weighted by Crippen LogP contribution is 2.41. The predicted molar refractivity (Wildman–Crippen MR) is 61.5 cm³/mol. The predicted octanol–water partition coefficient (Wildman–Crippen LogP) is -0.0354. The standard InChI is InChI=1S/C10H11N5O4/c11-14-12-4-10-5-18-9-13-7(17)1-2-15(9)8(19-10)3-6(10)16/h1-2,6,8,16H,3-5H2/t6-,8+,10+/m0/s1. The molecule has 2 bridgehead atoms. The van der Waals surface area contributed by atoms with Gasteiger partial charge in [0.15, 0.2) is 0 Å². The highest BCUT2D eigenvalue weighted by molar-refractivity contribution is 5.09. The highest BCUT2D eigenvalue weighted by atomic mass is 16.6. The van der Waals surface area contributed by atoms with E-state index in [1.165, 1.54) is 12.3 Å². The van der Waals surface area contributed by atoms with Crippen LogP contribution in [0, 0.1) is 0 Å². The van der Waals surface area contributed by atoms with E-state index in [0.717, 1.165) is 0 Å². The van der Waals surface area contributed by atoms with Crippen molar-refractivity contribution in [3.05, 3.63) is 33.1 Å². The summed E-state index contributed by atoms with van der Waals surface area (Å²) >= 11 is 0. The second-order valence-corrected chi connectivity index (χ2v) is 4.52. The van der Waals surface area contributed by atoms with Gasteiger partial charge in [-0.3, -0.25) is 9.36 Å². The summed E-state index contributed by atoms with van der Waals surface area (Å²) in [5.41, 5.74) is 6.91. The molecule has 3 rings (SSSR count). The number of nitrogens with zero attached hydrogens (tertiary/aromatic N) is 5. The molecule has 9 heteroatoms. The van der Waals surface area contributed by atoms with Crippen LogP contribution < -0.4 is 10.3 Å². The number of azide groups is 1. The van der Waals surface area contributed by atoms with Gasteiger partial charge in [-0.25, -0.2) is 0 Å². The molecule has 1 aromatic heterocycles.